The molecule has 142 valence electrons. The van der Waals surface area contributed by atoms with Gasteiger partial charge in [-0.3, -0.25) is 4.79 Å². The zero-order valence-electron chi connectivity index (χ0n) is 15.7. The molecule has 1 aliphatic rings. The molecule has 27 heavy (non-hydrogen) atoms. The summed E-state index contributed by atoms with van der Waals surface area (Å²) in [5.74, 6) is 0.460. The number of amides is 1. The van der Waals surface area contributed by atoms with Crippen LogP contribution in [-0.4, -0.2) is 46.9 Å². The van der Waals surface area contributed by atoms with Gasteiger partial charge in [-0.15, -0.1) is 0 Å². The predicted molar refractivity (Wildman–Crippen MR) is 104 cm³/mol. The monoisotopic (exact) mass is 368 g/mol. The van der Waals surface area contributed by atoms with Crippen molar-refractivity contribution >= 4 is 17.4 Å². The molecule has 1 aliphatic heterocycles. The van der Waals surface area contributed by atoms with Crippen LogP contribution in [0.4, 0.5) is 11.5 Å². The van der Waals surface area contributed by atoms with Crippen LogP contribution in [0.1, 0.15) is 30.9 Å². The van der Waals surface area contributed by atoms with Gasteiger partial charge in [-0.2, -0.15) is 0 Å². The molecule has 0 saturated carbocycles. The lowest BCUT2D eigenvalue weighted by Gasteiger charge is -2.35. The molecule has 0 atom stereocenters. The van der Waals surface area contributed by atoms with Crippen LogP contribution in [0.5, 0.6) is 0 Å². The third-order valence-electron chi connectivity index (χ3n) is 4.92. The summed E-state index contributed by atoms with van der Waals surface area (Å²) >= 11 is 0. The standard InChI is InChI=1S/C20H24N4O3/c1-15(2)17-5-3-16(4-6-17)13-20(25)23-11-9-22(10-12-23)18-7-8-19(21-14-18)24(26)27/h3-8,14-15H,9-13H2,1-2H3. The van der Waals surface area contributed by atoms with Crippen molar-refractivity contribution in [2.75, 3.05) is 31.1 Å². The van der Waals surface area contributed by atoms with Crippen molar-refractivity contribution in [1.82, 2.24) is 9.88 Å². The molecular formula is C20H24N4O3. The first-order valence-corrected chi connectivity index (χ1v) is 9.16. The number of carbonyl (C=O) groups excluding carboxylic acids is 1. The summed E-state index contributed by atoms with van der Waals surface area (Å²) in [7, 11) is 0. The summed E-state index contributed by atoms with van der Waals surface area (Å²) in [5, 5.41) is 10.7. The Bertz CT molecular complexity index is 795. The molecule has 1 aromatic heterocycles. The molecule has 1 aromatic carbocycles. The summed E-state index contributed by atoms with van der Waals surface area (Å²) in [6, 6.07) is 11.4. The fraction of sp³-hybridized carbons (Fsp3) is 0.400. The Hall–Kier alpha value is -2.96. The van der Waals surface area contributed by atoms with Gasteiger partial charge in [0.2, 0.25) is 5.91 Å². The largest absolute Gasteiger partial charge is 0.365 e. The van der Waals surface area contributed by atoms with Crippen molar-refractivity contribution in [3.05, 3.63) is 63.8 Å². The highest BCUT2D eigenvalue weighted by Gasteiger charge is 2.22. The molecule has 0 spiro atoms. The Morgan fingerprint density at radius 1 is 1.11 bits per heavy atom. The molecule has 1 fully saturated rings. The fourth-order valence-corrected chi connectivity index (χ4v) is 3.19. The zero-order chi connectivity index (χ0) is 19.4. The number of nitro groups is 1. The van der Waals surface area contributed by atoms with E-state index < -0.39 is 4.92 Å². The second kappa shape index (κ2) is 8.16. The van der Waals surface area contributed by atoms with Gasteiger partial charge in [0.1, 0.15) is 0 Å². The number of benzene rings is 1. The van der Waals surface area contributed by atoms with Crippen molar-refractivity contribution in [2.45, 2.75) is 26.2 Å². The van der Waals surface area contributed by atoms with Gasteiger partial charge < -0.3 is 19.9 Å². The number of piperazine rings is 1. The Kier molecular flexibility index (Phi) is 5.69. The Morgan fingerprint density at radius 2 is 1.78 bits per heavy atom. The summed E-state index contributed by atoms with van der Waals surface area (Å²) in [6.45, 7) is 6.97. The third kappa shape index (κ3) is 4.61. The maximum absolute atomic E-state index is 12.6. The number of nitrogens with zero attached hydrogens (tertiary/aromatic N) is 4. The highest BCUT2D eigenvalue weighted by molar-refractivity contribution is 5.79. The molecular weight excluding hydrogens is 344 g/mol. The Balaban J connectivity index is 1.53. The summed E-state index contributed by atoms with van der Waals surface area (Å²) < 4.78 is 0. The Labute approximate surface area is 158 Å². The molecule has 2 aromatic rings. The lowest BCUT2D eigenvalue weighted by molar-refractivity contribution is -0.389. The average Bonchev–Trinajstić information content (AvgIpc) is 2.68. The van der Waals surface area contributed by atoms with E-state index in [4.69, 9.17) is 0 Å². The quantitative estimate of drug-likeness (QED) is 0.599. The minimum absolute atomic E-state index is 0.133. The minimum Gasteiger partial charge on any atom is -0.365 e. The molecule has 1 saturated heterocycles. The van der Waals surface area contributed by atoms with Gasteiger partial charge in [0.05, 0.1) is 12.1 Å². The number of hydrogen-bond donors (Lipinski definition) is 0. The SMILES string of the molecule is CC(C)c1ccc(CC(=O)N2CCN(c3ccc([N+](=O)[O-])nc3)CC2)cc1. The lowest BCUT2D eigenvalue weighted by atomic mass is 10.0. The van der Waals surface area contributed by atoms with E-state index in [1.807, 2.05) is 17.0 Å². The number of rotatable bonds is 5. The molecule has 0 bridgehead atoms. The summed E-state index contributed by atoms with van der Waals surface area (Å²) in [6.07, 6.45) is 1.93. The van der Waals surface area contributed by atoms with Crippen LogP contribution in [-0.2, 0) is 11.2 Å². The number of pyridine rings is 1. The van der Waals surface area contributed by atoms with Crippen LogP contribution in [0.25, 0.3) is 0 Å². The summed E-state index contributed by atoms with van der Waals surface area (Å²) in [5.41, 5.74) is 3.15. The van der Waals surface area contributed by atoms with Gasteiger partial charge in [-0.25, -0.2) is 0 Å². The lowest BCUT2D eigenvalue weighted by Crippen LogP contribution is -2.49. The van der Waals surface area contributed by atoms with E-state index in [1.54, 1.807) is 6.07 Å². The number of carbonyl (C=O) groups is 1. The van der Waals surface area contributed by atoms with E-state index in [0.29, 0.717) is 38.5 Å². The van der Waals surface area contributed by atoms with Gasteiger partial charge in [0.15, 0.2) is 6.20 Å². The molecule has 7 nitrogen and oxygen atoms in total. The van der Waals surface area contributed by atoms with Gasteiger partial charge in [0.25, 0.3) is 0 Å². The van der Waals surface area contributed by atoms with E-state index in [-0.39, 0.29) is 11.7 Å². The first kappa shape index (κ1) is 18.8. The summed E-state index contributed by atoms with van der Waals surface area (Å²) in [4.78, 5) is 30.6. The Morgan fingerprint density at radius 3 is 2.30 bits per heavy atom. The van der Waals surface area contributed by atoms with Gasteiger partial charge in [-0.05, 0) is 33.0 Å². The maximum atomic E-state index is 12.6. The van der Waals surface area contributed by atoms with Crippen molar-refractivity contribution in [2.24, 2.45) is 0 Å². The molecule has 2 heterocycles. The van der Waals surface area contributed by atoms with Crippen LogP contribution in [0.3, 0.4) is 0 Å². The third-order valence-corrected chi connectivity index (χ3v) is 4.92. The number of hydrogen-bond acceptors (Lipinski definition) is 5. The van der Waals surface area contributed by atoms with Crippen LogP contribution < -0.4 is 4.90 Å². The second-order valence-electron chi connectivity index (χ2n) is 7.07. The van der Waals surface area contributed by atoms with Crippen molar-refractivity contribution < 1.29 is 9.72 Å². The van der Waals surface area contributed by atoms with E-state index in [1.165, 1.54) is 17.8 Å². The van der Waals surface area contributed by atoms with E-state index in [0.717, 1.165) is 11.3 Å². The number of aromatic nitrogens is 1. The van der Waals surface area contributed by atoms with Crippen molar-refractivity contribution in [3.63, 3.8) is 0 Å². The smallest absolute Gasteiger partial charge is 0.363 e. The zero-order valence-corrected chi connectivity index (χ0v) is 15.7. The van der Waals surface area contributed by atoms with E-state index in [2.05, 4.69) is 35.9 Å². The molecule has 1 amide bonds. The molecule has 0 aliphatic carbocycles. The van der Waals surface area contributed by atoms with Gasteiger partial charge in [-0.1, -0.05) is 38.1 Å². The molecule has 0 radical (unpaired) electrons. The molecule has 0 unspecified atom stereocenters. The normalized spacial score (nSPS) is 14.5. The maximum Gasteiger partial charge on any atom is 0.363 e. The van der Waals surface area contributed by atoms with Crippen LogP contribution in [0.2, 0.25) is 0 Å². The van der Waals surface area contributed by atoms with Gasteiger partial charge >= 0.3 is 5.82 Å². The van der Waals surface area contributed by atoms with Crippen LogP contribution in [0.15, 0.2) is 42.6 Å². The average molecular weight is 368 g/mol. The number of anilines is 1. The van der Waals surface area contributed by atoms with Gasteiger partial charge in [0, 0.05) is 32.2 Å². The topological polar surface area (TPSA) is 79.6 Å². The van der Waals surface area contributed by atoms with Crippen LogP contribution >= 0.6 is 0 Å². The van der Waals surface area contributed by atoms with Crippen molar-refractivity contribution in [1.29, 1.82) is 0 Å². The minimum atomic E-state index is -0.506. The molecule has 0 N–H and O–H groups in total. The van der Waals surface area contributed by atoms with E-state index in [9.17, 15) is 14.9 Å². The first-order chi connectivity index (χ1) is 12.9. The highest BCUT2D eigenvalue weighted by atomic mass is 16.6. The highest BCUT2D eigenvalue weighted by Crippen LogP contribution is 2.19. The predicted octanol–water partition coefficient (Wildman–Crippen LogP) is 3.00. The molecule has 3 rings (SSSR count). The second-order valence-corrected chi connectivity index (χ2v) is 7.07. The van der Waals surface area contributed by atoms with Crippen molar-refractivity contribution in [3.8, 4) is 0 Å². The van der Waals surface area contributed by atoms with E-state index >= 15 is 0 Å². The molecule has 7 heteroatoms. The van der Waals surface area contributed by atoms with Crippen LogP contribution in [0, 0.1) is 10.1 Å². The fourth-order valence-electron chi connectivity index (χ4n) is 3.19. The first-order valence-electron chi connectivity index (χ1n) is 9.16.